The fraction of sp³-hybridized carbons (Fsp3) is 0.125. The summed E-state index contributed by atoms with van der Waals surface area (Å²) in [5.74, 6) is -3.33. The molecule has 0 bridgehead atoms. The van der Waals surface area contributed by atoms with Crippen molar-refractivity contribution in [2.24, 2.45) is 0 Å². The van der Waals surface area contributed by atoms with E-state index in [2.05, 4.69) is 0 Å². The number of hydrogen-bond donors (Lipinski definition) is 4. The van der Waals surface area contributed by atoms with Gasteiger partial charge in [0.05, 0.1) is 0 Å². The summed E-state index contributed by atoms with van der Waals surface area (Å²) in [6, 6.07) is 7.81. The van der Waals surface area contributed by atoms with E-state index in [9.17, 15) is 19.8 Å². The van der Waals surface area contributed by atoms with Crippen LogP contribution in [0.2, 0.25) is 0 Å². The van der Waals surface area contributed by atoms with Crippen LogP contribution in [0.1, 0.15) is 34.6 Å². The Morgan fingerprint density at radius 2 is 1.05 bits per heavy atom. The van der Waals surface area contributed by atoms with Crippen LogP contribution in [0.15, 0.2) is 36.4 Å². The Morgan fingerprint density at radius 1 is 0.727 bits per heavy atom. The first-order chi connectivity index (χ1) is 10.4. The first-order valence-electron chi connectivity index (χ1n) is 6.53. The van der Waals surface area contributed by atoms with Crippen LogP contribution in [0.25, 0.3) is 11.1 Å². The molecule has 0 aliphatic carbocycles. The number of aromatic hydroxyl groups is 2. The molecule has 0 radical (unpaired) electrons. The molecule has 0 saturated heterocycles. The normalized spacial score (nSPS) is 9.55. The van der Waals surface area contributed by atoms with Crippen molar-refractivity contribution in [3.05, 3.63) is 47.5 Å². The summed E-state index contributed by atoms with van der Waals surface area (Å²) in [7, 11) is 0. The van der Waals surface area contributed by atoms with Gasteiger partial charge in [-0.15, -0.1) is 0 Å². The minimum absolute atomic E-state index is 0.285. The van der Waals surface area contributed by atoms with Crippen LogP contribution in [0.4, 0.5) is 0 Å². The number of hydrogen-bond acceptors (Lipinski definition) is 4. The maximum Gasteiger partial charge on any atom is 0.339 e. The van der Waals surface area contributed by atoms with Gasteiger partial charge in [-0.1, -0.05) is 26.0 Å². The van der Waals surface area contributed by atoms with Gasteiger partial charge in [0.1, 0.15) is 22.6 Å². The molecule has 22 heavy (non-hydrogen) atoms. The third-order valence-corrected chi connectivity index (χ3v) is 2.79. The maximum absolute atomic E-state index is 10.9. The van der Waals surface area contributed by atoms with Crippen LogP contribution in [0.5, 0.6) is 11.5 Å². The molecule has 0 unspecified atom stereocenters. The van der Waals surface area contributed by atoms with Gasteiger partial charge in [0, 0.05) is 0 Å². The Labute approximate surface area is 126 Å². The molecule has 2 rings (SSSR count). The third-order valence-electron chi connectivity index (χ3n) is 2.79. The van der Waals surface area contributed by atoms with Crippen molar-refractivity contribution in [3.63, 3.8) is 0 Å². The van der Waals surface area contributed by atoms with Crippen LogP contribution in [0, 0.1) is 0 Å². The number of rotatable bonds is 3. The SMILES string of the molecule is CC.O=C(O)c1cc(-c2ccc(O)c(C(=O)O)c2)ccc1O. The average Bonchev–Trinajstić information content (AvgIpc) is 2.50. The zero-order chi connectivity index (χ0) is 16.9. The average molecular weight is 304 g/mol. The molecular formula is C16H16O6. The zero-order valence-corrected chi connectivity index (χ0v) is 12.1. The van der Waals surface area contributed by atoms with Crippen LogP contribution < -0.4 is 0 Å². The molecule has 0 heterocycles. The van der Waals surface area contributed by atoms with E-state index in [0.717, 1.165) is 0 Å². The second kappa shape index (κ2) is 7.12. The van der Waals surface area contributed by atoms with Gasteiger partial charge in [-0.2, -0.15) is 0 Å². The first kappa shape index (κ1) is 17.0. The number of benzene rings is 2. The van der Waals surface area contributed by atoms with Crippen molar-refractivity contribution in [2.75, 3.05) is 0 Å². The Hall–Kier alpha value is -3.02. The fourth-order valence-corrected chi connectivity index (χ4v) is 1.77. The summed E-state index contributed by atoms with van der Waals surface area (Å²) in [6.45, 7) is 4.00. The molecule has 0 aliphatic heterocycles. The minimum atomic E-state index is -1.29. The van der Waals surface area contributed by atoms with E-state index in [1.54, 1.807) is 0 Å². The number of aromatic carboxylic acids is 2. The molecule has 2 aromatic carbocycles. The molecule has 0 saturated carbocycles. The molecule has 0 aromatic heterocycles. The van der Waals surface area contributed by atoms with E-state index in [1.165, 1.54) is 36.4 Å². The molecular weight excluding hydrogens is 288 g/mol. The predicted octanol–water partition coefficient (Wildman–Crippen LogP) is 3.19. The number of phenols is 2. The Balaban J connectivity index is 0.00000116. The smallest absolute Gasteiger partial charge is 0.339 e. The van der Waals surface area contributed by atoms with Gasteiger partial charge in [-0.05, 0) is 35.4 Å². The summed E-state index contributed by atoms with van der Waals surface area (Å²) < 4.78 is 0. The zero-order valence-electron chi connectivity index (χ0n) is 12.1. The summed E-state index contributed by atoms with van der Waals surface area (Å²) in [4.78, 5) is 21.9. The summed E-state index contributed by atoms with van der Waals surface area (Å²) in [6.07, 6.45) is 0. The highest BCUT2D eigenvalue weighted by atomic mass is 16.4. The van der Waals surface area contributed by atoms with E-state index in [1.807, 2.05) is 13.8 Å². The van der Waals surface area contributed by atoms with Crippen LogP contribution in [0.3, 0.4) is 0 Å². The van der Waals surface area contributed by atoms with Crippen molar-refractivity contribution in [2.45, 2.75) is 13.8 Å². The van der Waals surface area contributed by atoms with E-state index >= 15 is 0 Å². The van der Waals surface area contributed by atoms with Gasteiger partial charge in [-0.3, -0.25) is 0 Å². The van der Waals surface area contributed by atoms with Crippen molar-refractivity contribution in [3.8, 4) is 22.6 Å². The number of carboxylic acids is 2. The molecule has 0 aliphatic rings. The molecule has 6 heteroatoms. The maximum atomic E-state index is 10.9. The van der Waals surface area contributed by atoms with Gasteiger partial charge in [-0.25, -0.2) is 9.59 Å². The second-order valence-corrected chi connectivity index (χ2v) is 4.07. The standard InChI is InChI=1S/C14H10O6.C2H6/c15-11-3-1-7(5-9(11)13(17)18)8-2-4-12(16)10(6-8)14(19)20;1-2/h1-6,15-16H,(H,17,18)(H,19,20);1-2H3. The summed E-state index contributed by atoms with van der Waals surface area (Å²) >= 11 is 0. The molecule has 0 amide bonds. The molecule has 116 valence electrons. The lowest BCUT2D eigenvalue weighted by atomic mass is 10.00. The molecule has 0 spiro atoms. The Morgan fingerprint density at radius 3 is 1.32 bits per heavy atom. The number of carboxylic acid groups (broad SMARTS) is 2. The van der Waals surface area contributed by atoms with Gasteiger partial charge in [0.15, 0.2) is 0 Å². The van der Waals surface area contributed by atoms with Crippen molar-refractivity contribution in [1.29, 1.82) is 0 Å². The molecule has 0 fully saturated rings. The van der Waals surface area contributed by atoms with Gasteiger partial charge >= 0.3 is 11.9 Å². The second-order valence-electron chi connectivity index (χ2n) is 4.07. The van der Waals surface area contributed by atoms with Gasteiger partial charge in [0.25, 0.3) is 0 Å². The minimum Gasteiger partial charge on any atom is -0.507 e. The van der Waals surface area contributed by atoms with Crippen molar-refractivity contribution in [1.82, 2.24) is 0 Å². The molecule has 0 atom stereocenters. The molecule has 4 N–H and O–H groups in total. The largest absolute Gasteiger partial charge is 0.507 e. The van der Waals surface area contributed by atoms with Gasteiger partial charge in [0.2, 0.25) is 0 Å². The van der Waals surface area contributed by atoms with E-state index < -0.39 is 11.9 Å². The monoisotopic (exact) mass is 304 g/mol. The summed E-state index contributed by atoms with van der Waals surface area (Å²) in [5.41, 5.74) is 0.269. The highest BCUT2D eigenvalue weighted by molar-refractivity contribution is 5.94. The van der Waals surface area contributed by atoms with Crippen molar-refractivity contribution >= 4 is 11.9 Å². The lowest BCUT2D eigenvalue weighted by Gasteiger charge is -2.07. The van der Waals surface area contributed by atoms with E-state index in [0.29, 0.717) is 11.1 Å². The van der Waals surface area contributed by atoms with Crippen LogP contribution in [-0.4, -0.2) is 32.4 Å². The lowest BCUT2D eigenvalue weighted by Crippen LogP contribution is -1.99. The molecule has 2 aromatic rings. The van der Waals surface area contributed by atoms with Crippen LogP contribution >= 0.6 is 0 Å². The number of carbonyl (C=O) groups is 2. The first-order valence-corrected chi connectivity index (χ1v) is 6.53. The predicted molar refractivity (Wildman–Crippen MR) is 80.5 cm³/mol. The topological polar surface area (TPSA) is 115 Å². The van der Waals surface area contributed by atoms with Crippen molar-refractivity contribution < 1.29 is 30.0 Å². The Kier molecular flexibility index (Phi) is 5.51. The lowest BCUT2D eigenvalue weighted by molar-refractivity contribution is 0.0682. The highest BCUT2D eigenvalue weighted by Crippen LogP contribution is 2.29. The van der Waals surface area contributed by atoms with E-state index in [4.69, 9.17) is 10.2 Å². The quantitative estimate of drug-likeness (QED) is 0.692. The summed E-state index contributed by atoms with van der Waals surface area (Å²) in [5, 5.41) is 36.7. The van der Waals surface area contributed by atoms with E-state index in [-0.39, 0.29) is 22.6 Å². The van der Waals surface area contributed by atoms with Crippen LogP contribution in [-0.2, 0) is 0 Å². The fourth-order valence-electron chi connectivity index (χ4n) is 1.77. The third kappa shape index (κ3) is 3.54. The van der Waals surface area contributed by atoms with Gasteiger partial charge < -0.3 is 20.4 Å². The molecule has 6 nitrogen and oxygen atoms in total. The highest BCUT2D eigenvalue weighted by Gasteiger charge is 2.14. The Bertz CT molecular complexity index is 644.